The number of hydrogen-bond donors (Lipinski definition) is 2. The number of benzene rings is 2. The average Bonchev–Trinajstić information content (AvgIpc) is 2.99. The molecule has 2 N–H and O–H groups in total. The molecule has 128 valence electrons. The van der Waals surface area contributed by atoms with Crippen LogP contribution < -0.4 is 10.9 Å². The molecule has 1 atom stereocenters. The van der Waals surface area contributed by atoms with Gasteiger partial charge in [-0.15, -0.1) is 0 Å². The van der Waals surface area contributed by atoms with Gasteiger partial charge in [-0.25, -0.2) is 4.98 Å². The molecule has 1 amide bonds. The number of rotatable bonds is 1. The Morgan fingerprint density at radius 3 is 2.81 bits per heavy atom. The quantitative estimate of drug-likeness (QED) is 0.544. The van der Waals surface area contributed by atoms with Crippen molar-refractivity contribution in [3.63, 3.8) is 0 Å². The van der Waals surface area contributed by atoms with Crippen molar-refractivity contribution in [2.45, 2.75) is 12.3 Å². The number of hydrogen-bond acceptors (Lipinski definition) is 3. The van der Waals surface area contributed by atoms with Crippen LogP contribution in [0.3, 0.4) is 0 Å². The van der Waals surface area contributed by atoms with Crippen LogP contribution in [0.2, 0.25) is 5.02 Å². The summed E-state index contributed by atoms with van der Waals surface area (Å²) in [7, 11) is 0. The Bertz CT molecular complexity index is 1260. The summed E-state index contributed by atoms with van der Waals surface area (Å²) in [4.78, 5) is 32.6. The summed E-state index contributed by atoms with van der Waals surface area (Å²) in [6.07, 6.45) is 0.189. The first-order chi connectivity index (χ1) is 12.6. The van der Waals surface area contributed by atoms with Crippen LogP contribution in [0.4, 0.5) is 5.82 Å². The molecule has 0 aliphatic carbocycles. The van der Waals surface area contributed by atoms with Gasteiger partial charge < -0.3 is 5.32 Å². The number of amides is 1. The Morgan fingerprint density at radius 1 is 1.12 bits per heavy atom. The zero-order valence-corrected chi connectivity index (χ0v) is 14.2. The molecule has 4 aromatic rings. The normalized spacial score (nSPS) is 16.7. The zero-order valence-electron chi connectivity index (χ0n) is 13.5. The standard InChI is InChI=1S/C19H13ClN4O2/c20-11-5-3-4-10(8-11)12-9-15(25)22-17-16(12)18(26)23-19-21-13-6-1-2-7-14(13)24(17)19/h1-8,12H,9H2,(H,22,25)(H,21,23,26). The van der Waals surface area contributed by atoms with Gasteiger partial charge in [-0.05, 0) is 29.8 Å². The lowest BCUT2D eigenvalue weighted by Crippen LogP contribution is -2.32. The molecule has 0 fully saturated rings. The van der Waals surface area contributed by atoms with Crippen LogP contribution >= 0.6 is 11.6 Å². The van der Waals surface area contributed by atoms with Crippen molar-refractivity contribution in [2.24, 2.45) is 0 Å². The summed E-state index contributed by atoms with van der Waals surface area (Å²) in [5.74, 6) is 0.361. The maximum Gasteiger partial charge on any atom is 0.258 e. The third kappa shape index (κ3) is 2.16. The fraction of sp³-hybridized carbons (Fsp3) is 0.105. The van der Waals surface area contributed by atoms with Gasteiger partial charge >= 0.3 is 0 Å². The minimum Gasteiger partial charge on any atom is -0.311 e. The van der Waals surface area contributed by atoms with Gasteiger partial charge in [0.1, 0.15) is 5.82 Å². The summed E-state index contributed by atoms with van der Waals surface area (Å²) in [5.41, 5.74) is 2.66. The van der Waals surface area contributed by atoms with E-state index in [2.05, 4.69) is 15.3 Å². The number of carbonyl (C=O) groups excluding carboxylic acids is 1. The molecule has 0 spiro atoms. The Kier molecular flexibility index (Phi) is 3.17. The van der Waals surface area contributed by atoms with Crippen molar-refractivity contribution in [2.75, 3.05) is 5.32 Å². The topological polar surface area (TPSA) is 79.3 Å². The van der Waals surface area contributed by atoms with Crippen LogP contribution in [0.1, 0.15) is 23.5 Å². The highest BCUT2D eigenvalue weighted by molar-refractivity contribution is 6.30. The minimum absolute atomic E-state index is 0.146. The van der Waals surface area contributed by atoms with E-state index in [4.69, 9.17) is 11.6 Å². The maximum atomic E-state index is 12.8. The van der Waals surface area contributed by atoms with E-state index in [1.54, 1.807) is 16.5 Å². The first-order valence-electron chi connectivity index (χ1n) is 8.20. The van der Waals surface area contributed by atoms with Gasteiger partial charge in [0, 0.05) is 17.4 Å². The number of anilines is 1. The second-order valence-electron chi connectivity index (χ2n) is 6.34. The number of fused-ring (bicyclic) bond motifs is 5. The Hall–Kier alpha value is -3.12. The average molecular weight is 365 g/mol. The monoisotopic (exact) mass is 364 g/mol. The Labute approximate surface area is 152 Å². The number of nitrogens with zero attached hydrogens (tertiary/aromatic N) is 2. The number of H-pyrrole nitrogens is 1. The highest BCUT2D eigenvalue weighted by Crippen LogP contribution is 2.36. The first-order valence-corrected chi connectivity index (χ1v) is 8.58. The summed E-state index contributed by atoms with van der Waals surface area (Å²) in [6.45, 7) is 0. The van der Waals surface area contributed by atoms with Crippen LogP contribution in [0.15, 0.2) is 53.3 Å². The number of nitrogens with one attached hydrogen (secondary N) is 2. The Balaban J connectivity index is 1.87. The summed E-state index contributed by atoms with van der Waals surface area (Å²) in [5, 5.41) is 3.44. The van der Waals surface area contributed by atoms with Gasteiger partial charge in [0.05, 0.1) is 16.6 Å². The second-order valence-corrected chi connectivity index (χ2v) is 6.77. The number of halogens is 1. The maximum absolute atomic E-state index is 12.8. The van der Waals surface area contributed by atoms with Gasteiger partial charge in [0.2, 0.25) is 11.7 Å². The van der Waals surface area contributed by atoms with E-state index >= 15 is 0 Å². The smallest absolute Gasteiger partial charge is 0.258 e. The van der Waals surface area contributed by atoms with Crippen molar-refractivity contribution in [1.82, 2.24) is 14.4 Å². The van der Waals surface area contributed by atoms with Gasteiger partial charge in [0.25, 0.3) is 5.56 Å². The van der Waals surface area contributed by atoms with Gasteiger partial charge in [-0.3, -0.25) is 19.0 Å². The SMILES string of the molecule is O=C1CC(c2cccc(Cl)c2)c2c(n3c(nc4ccccc43)[nH]c2=O)N1. The molecule has 1 unspecified atom stereocenters. The highest BCUT2D eigenvalue weighted by Gasteiger charge is 2.32. The van der Waals surface area contributed by atoms with E-state index in [1.807, 2.05) is 36.4 Å². The van der Waals surface area contributed by atoms with E-state index in [0.717, 1.165) is 16.6 Å². The number of para-hydroxylation sites is 2. The zero-order chi connectivity index (χ0) is 17.8. The third-order valence-electron chi connectivity index (χ3n) is 4.76. The van der Waals surface area contributed by atoms with Crippen LogP contribution in [-0.2, 0) is 4.79 Å². The summed E-state index contributed by atoms with van der Waals surface area (Å²) in [6, 6.07) is 14.8. The number of imidazole rings is 1. The molecule has 6 nitrogen and oxygen atoms in total. The largest absolute Gasteiger partial charge is 0.311 e. The van der Waals surface area contributed by atoms with E-state index < -0.39 is 0 Å². The lowest BCUT2D eigenvalue weighted by Gasteiger charge is -2.25. The van der Waals surface area contributed by atoms with E-state index in [0.29, 0.717) is 22.2 Å². The van der Waals surface area contributed by atoms with Gasteiger partial charge in [-0.2, -0.15) is 0 Å². The van der Waals surface area contributed by atoms with Crippen LogP contribution in [0, 0.1) is 0 Å². The van der Waals surface area contributed by atoms with Crippen molar-refractivity contribution in [1.29, 1.82) is 0 Å². The molecule has 2 aromatic carbocycles. The minimum atomic E-state index is -0.369. The molecule has 2 aromatic heterocycles. The lowest BCUT2D eigenvalue weighted by molar-refractivity contribution is -0.116. The molecular formula is C19H13ClN4O2. The van der Waals surface area contributed by atoms with Gasteiger partial charge in [-0.1, -0.05) is 35.9 Å². The molecule has 3 heterocycles. The fourth-order valence-electron chi connectivity index (χ4n) is 3.66. The van der Waals surface area contributed by atoms with E-state index in [9.17, 15) is 9.59 Å². The molecule has 0 saturated carbocycles. The molecule has 0 saturated heterocycles. The first kappa shape index (κ1) is 15.2. The summed E-state index contributed by atoms with van der Waals surface area (Å²) < 4.78 is 1.79. The summed E-state index contributed by atoms with van der Waals surface area (Å²) >= 11 is 6.12. The van der Waals surface area contributed by atoms with Crippen molar-refractivity contribution in [3.8, 4) is 0 Å². The van der Waals surface area contributed by atoms with Crippen molar-refractivity contribution < 1.29 is 4.79 Å². The predicted molar refractivity (Wildman–Crippen MR) is 99.9 cm³/mol. The molecule has 26 heavy (non-hydrogen) atoms. The van der Waals surface area contributed by atoms with E-state index in [-0.39, 0.29) is 23.8 Å². The molecule has 1 aliphatic rings. The van der Waals surface area contributed by atoms with Crippen molar-refractivity contribution >= 4 is 40.1 Å². The second kappa shape index (κ2) is 5.44. The van der Waals surface area contributed by atoms with Crippen LogP contribution in [-0.4, -0.2) is 20.3 Å². The Morgan fingerprint density at radius 2 is 1.96 bits per heavy atom. The van der Waals surface area contributed by atoms with E-state index in [1.165, 1.54) is 0 Å². The number of carbonyl (C=O) groups is 1. The number of aromatic amines is 1. The lowest BCUT2D eigenvalue weighted by atomic mass is 9.87. The van der Waals surface area contributed by atoms with Gasteiger partial charge in [0.15, 0.2) is 0 Å². The number of aromatic nitrogens is 3. The van der Waals surface area contributed by atoms with Crippen molar-refractivity contribution in [3.05, 3.63) is 75.0 Å². The van der Waals surface area contributed by atoms with Crippen LogP contribution in [0.25, 0.3) is 16.8 Å². The molecule has 5 rings (SSSR count). The fourth-order valence-corrected chi connectivity index (χ4v) is 3.86. The molecule has 7 heteroatoms. The third-order valence-corrected chi connectivity index (χ3v) is 4.99. The highest BCUT2D eigenvalue weighted by atomic mass is 35.5. The molecule has 0 radical (unpaired) electrons. The molecule has 0 bridgehead atoms. The van der Waals surface area contributed by atoms with Crippen LogP contribution in [0.5, 0.6) is 0 Å². The molecule has 1 aliphatic heterocycles. The molecular weight excluding hydrogens is 352 g/mol. The predicted octanol–water partition coefficient (Wildman–Crippen LogP) is 3.30.